The molecule has 1 heteroatoms. The van der Waals surface area contributed by atoms with Crippen molar-refractivity contribution >= 4 is 10.9 Å². The molecule has 62 valence electrons. The molecule has 0 atom stereocenters. The Hall–Kier alpha value is -1.37. The summed E-state index contributed by atoms with van der Waals surface area (Å²) in [4.78, 5) is 4.24. The number of hydrogen-bond acceptors (Lipinski definition) is 1. The molecular formula is C11H13N. The molecule has 2 aromatic rings. The van der Waals surface area contributed by atoms with Crippen LogP contribution in [0.2, 0.25) is 0 Å². The van der Waals surface area contributed by atoms with Crippen LogP contribution in [0.1, 0.15) is 14.3 Å². The lowest BCUT2D eigenvalue weighted by Crippen LogP contribution is -1.79. The zero-order chi connectivity index (χ0) is 9.68. The highest BCUT2D eigenvalue weighted by Gasteiger charge is 1.93. The average Bonchev–Trinajstić information content (AvgIpc) is 2.22. The summed E-state index contributed by atoms with van der Waals surface area (Å²) in [6.07, 6.45) is 1.84. The number of para-hydroxylation sites is 1. The number of nitrogens with zero attached hydrogens (tertiary/aromatic N) is 1. The molecule has 2 rings (SSSR count). The number of aromatic nitrogens is 1. The van der Waals surface area contributed by atoms with Crippen molar-refractivity contribution in [1.29, 1.82) is 0 Å². The third-order valence-corrected chi connectivity index (χ3v) is 1.87. The van der Waals surface area contributed by atoms with E-state index in [1.54, 1.807) is 0 Å². The molecule has 1 nitrogen and oxygen atoms in total. The lowest BCUT2D eigenvalue weighted by Gasteiger charge is -1.97. The van der Waals surface area contributed by atoms with Crippen LogP contribution in [-0.4, -0.2) is 4.98 Å². The molecule has 0 aliphatic rings. The minimum Gasteiger partial charge on any atom is -0.256 e. The van der Waals surface area contributed by atoms with Gasteiger partial charge >= 0.3 is 0 Å². The number of rotatable bonds is 0. The van der Waals surface area contributed by atoms with Crippen LogP contribution < -0.4 is 0 Å². The van der Waals surface area contributed by atoms with Gasteiger partial charge in [-0.05, 0) is 24.6 Å². The van der Waals surface area contributed by atoms with E-state index in [2.05, 4.69) is 18.0 Å². The van der Waals surface area contributed by atoms with Crippen LogP contribution in [-0.2, 0) is 0 Å². The minimum absolute atomic E-state index is 1.08. The van der Waals surface area contributed by atoms with Crippen molar-refractivity contribution in [2.45, 2.75) is 14.3 Å². The topological polar surface area (TPSA) is 12.9 Å². The van der Waals surface area contributed by atoms with Gasteiger partial charge < -0.3 is 0 Å². The predicted octanol–water partition coefficient (Wildman–Crippen LogP) is 3.18. The van der Waals surface area contributed by atoms with E-state index in [4.69, 9.17) is 1.37 Å². The fourth-order valence-electron chi connectivity index (χ4n) is 1.24. The Kier molecular flexibility index (Phi) is 2.04. The van der Waals surface area contributed by atoms with E-state index in [1.807, 2.05) is 30.5 Å². The molecule has 0 amide bonds. The molecule has 0 radical (unpaired) electrons. The van der Waals surface area contributed by atoms with Crippen LogP contribution in [0, 0.1) is 6.92 Å². The molecule has 1 heterocycles. The first-order chi connectivity index (χ1) is 6.38. The molecule has 0 bridgehead atoms. The minimum atomic E-state index is 1.08. The fourth-order valence-corrected chi connectivity index (χ4v) is 1.24. The lowest BCUT2D eigenvalue weighted by molar-refractivity contribution is 1.37. The van der Waals surface area contributed by atoms with Crippen molar-refractivity contribution < 1.29 is 1.37 Å². The first kappa shape index (κ1) is 7.29. The van der Waals surface area contributed by atoms with Gasteiger partial charge in [-0.3, -0.25) is 4.98 Å². The Bertz CT molecular complexity index is 379. The van der Waals surface area contributed by atoms with Gasteiger partial charge in [0.25, 0.3) is 0 Å². The summed E-state index contributed by atoms with van der Waals surface area (Å²) in [5.41, 5.74) is 2.36. The zero-order valence-corrected chi connectivity index (χ0v) is 7.41. The first-order valence-corrected chi connectivity index (χ1v) is 3.68. The van der Waals surface area contributed by atoms with Crippen LogP contribution in [0.5, 0.6) is 0 Å². The maximum atomic E-state index is 5.75. The summed E-state index contributed by atoms with van der Waals surface area (Å²) in [5, 5.41) is 1.25. The van der Waals surface area contributed by atoms with Crippen LogP contribution in [0.3, 0.4) is 0 Å². The second kappa shape index (κ2) is 3.35. The molecule has 12 heavy (non-hydrogen) atoms. The Labute approximate surface area is 74.5 Å². The van der Waals surface area contributed by atoms with Gasteiger partial charge in [0, 0.05) is 13.0 Å². The van der Waals surface area contributed by atoms with Crippen molar-refractivity contribution in [3.8, 4) is 0 Å². The molecule has 0 N–H and O–H groups in total. The molecule has 0 saturated heterocycles. The molecule has 0 unspecified atom stereocenters. The summed E-state index contributed by atoms with van der Waals surface area (Å²) in [7, 11) is 1.25. The van der Waals surface area contributed by atoms with Crippen molar-refractivity contribution in [3.05, 3.63) is 42.1 Å². The quantitative estimate of drug-likeness (QED) is 0.576. The van der Waals surface area contributed by atoms with Gasteiger partial charge in [-0.25, -0.2) is 0 Å². The highest BCUT2D eigenvalue weighted by atomic mass is 14.6. The smallest absolute Gasteiger partial charge is 0.0704 e. The normalized spacial score (nSPS) is 10.0. The average molecular weight is 160 g/mol. The van der Waals surface area contributed by atoms with Gasteiger partial charge in [0.15, 0.2) is 0 Å². The summed E-state index contributed by atoms with van der Waals surface area (Å²) in [6.45, 7) is 2.10. The third kappa shape index (κ3) is 1.30. The molecule has 0 fully saturated rings. The van der Waals surface area contributed by atoms with Crippen LogP contribution >= 0.6 is 0 Å². The Morgan fingerprint density at radius 2 is 2.00 bits per heavy atom. The largest absolute Gasteiger partial charge is 0.256 e. The maximum absolute atomic E-state index is 5.75. The van der Waals surface area contributed by atoms with E-state index in [1.165, 1.54) is 18.4 Å². The predicted molar refractivity (Wildman–Crippen MR) is 53.2 cm³/mol. The lowest BCUT2D eigenvalue weighted by atomic mass is 10.1. The second-order valence-corrected chi connectivity index (χ2v) is 2.64. The molecular weight excluding hydrogens is 146 g/mol. The number of pyridine rings is 1. The van der Waals surface area contributed by atoms with Gasteiger partial charge in [-0.2, -0.15) is 0 Å². The summed E-state index contributed by atoms with van der Waals surface area (Å²) in [6, 6.07) is 10.2. The summed E-state index contributed by atoms with van der Waals surface area (Å²) >= 11 is 0. The monoisotopic (exact) mass is 160 g/mol. The molecule has 1 aromatic carbocycles. The van der Waals surface area contributed by atoms with Gasteiger partial charge in [0.05, 0.1) is 5.52 Å². The van der Waals surface area contributed by atoms with Crippen LogP contribution in [0.4, 0.5) is 0 Å². The number of benzene rings is 1. The standard InChI is InChI=1S/C10H9N.CH4/c1-8-6-7-11-10-5-3-2-4-9(8)10;/h2-7H,1H3;1H4/i;1D. The Morgan fingerprint density at radius 1 is 1.25 bits per heavy atom. The van der Waals surface area contributed by atoms with Gasteiger partial charge in [0.2, 0.25) is 0 Å². The summed E-state index contributed by atoms with van der Waals surface area (Å²) < 4.78 is 5.75. The van der Waals surface area contributed by atoms with E-state index in [9.17, 15) is 0 Å². The maximum Gasteiger partial charge on any atom is 0.0704 e. The Balaban J connectivity index is 0.000000396. The molecule has 0 spiro atoms. The van der Waals surface area contributed by atoms with E-state index in [0.717, 1.165) is 5.52 Å². The zero-order valence-electron chi connectivity index (χ0n) is 8.41. The summed E-state index contributed by atoms with van der Waals surface area (Å²) in [5.74, 6) is 0. The van der Waals surface area contributed by atoms with Crippen molar-refractivity contribution in [2.75, 3.05) is 0 Å². The van der Waals surface area contributed by atoms with Gasteiger partial charge in [-0.1, -0.05) is 25.6 Å². The second-order valence-electron chi connectivity index (χ2n) is 2.64. The SMILES string of the molecule is Cc1ccnc2ccccc12.[2H]C. The van der Waals surface area contributed by atoms with Crippen LogP contribution in [0.25, 0.3) is 10.9 Å². The number of aryl methyl sites for hydroxylation is 1. The molecule has 0 aliphatic carbocycles. The highest BCUT2D eigenvalue weighted by Crippen LogP contribution is 2.13. The molecule has 1 aromatic heterocycles. The molecule has 0 aliphatic heterocycles. The fraction of sp³-hybridized carbons (Fsp3) is 0.182. The number of hydrogen-bond donors (Lipinski definition) is 0. The molecule has 0 saturated carbocycles. The van der Waals surface area contributed by atoms with Crippen molar-refractivity contribution in [1.82, 2.24) is 4.98 Å². The van der Waals surface area contributed by atoms with E-state index >= 15 is 0 Å². The highest BCUT2D eigenvalue weighted by molar-refractivity contribution is 5.81. The van der Waals surface area contributed by atoms with Gasteiger partial charge in [0.1, 0.15) is 0 Å². The third-order valence-electron chi connectivity index (χ3n) is 1.87. The Morgan fingerprint density at radius 3 is 2.75 bits per heavy atom. The van der Waals surface area contributed by atoms with Gasteiger partial charge in [-0.15, -0.1) is 0 Å². The van der Waals surface area contributed by atoms with E-state index in [0.29, 0.717) is 0 Å². The van der Waals surface area contributed by atoms with Crippen molar-refractivity contribution in [2.24, 2.45) is 0 Å². The first-order valence-electron chi connectivity index (χ1n) is 4.68. The van der Waals surface area contributed by atoms with Crippen molar-refractivity contribution in [3.63, 3.8) is 0 Å². The number of fused-ring (bicyclic) bond motifs is 1. The van der Waals surface area contributed by atoms with E-state index < -0.39 is 0 Å². The van der Waals surface area contributed by atoms with E-state index in [-0.39, 0.29) is 0 Å². The van der Waals surface area contributed by atoms with Crippen LogP contribution in [0.15, 0.2) is 36.5 Å².